The SMILES string of the molecule is O=C(Cl)Nc1ccc(Br)cc1. The van der Waals surface area contributed by atoms with Gasteiger partial charge in [0.05, 0.1) is 0 Å². The summed E-state index contributed by atoms with van der Waals surface area (Å²) in [5.41, 5.74) is 0.688. The average molecular weight is 234 g/mol. The smallest absolute Gasteiger partial charge is 0.312 e. The molecule has 0 aliphatic rings. The number of amides is 1. The molecule has 0 unspecified atom stereocenters. The van der Waals surface area contributed by atoms with Crippen molar-refractivity contribution < 1.29 is 4.79 Å². The maximum Gasteiger partial charge on any atom is 0.318 e. The molecule has 0 saturated carbocycles. The highest BCUT2D eigenvalue weighted by atomic mass is 79.9. The summed E-state index contributed by atoms with van der Waals surface area (Å²) in [5.74, 6) is 0. The summed E-state index contributed by atoms with van der Waals surface area (Å²) in [5, 5.41) is 1.86. The largest absolute Gasteiger partial charge is 0.318 e. The number of halogens is 2. The van der Waals surface area contributed by atoms with Crippen molar-refractivity contribution in [3.63, 3.8) is 0 Å². The Morgan fingerprint density at radius 2 is 1.91 bits per heavy atom. The summed E-state index contributed by atoms with van der Waals surface area (Å²) in [4.78, 5) is 10.3. The number of rotatable bonds is 1. The molecular formula is C7H5BrClNO. The number of nitrogens with one attached hydrogen (secondary N) is 1. The van der Waals surface area contributed by atoms with E-state index in [9.17, 15) is 4.79 Å². The maximum absolute atomic E-state index is 10.3. The van der Waals surface area contributed by atoms with Crippen LogP contribution in [0.25, 0.3) is 0 Å². The summed E-state index contributed by atoms with van der Waals surface area (Å²) >= 11 is 8.36. The summed E-state index contributed by atoms with van der Waals surface area (Å²) in [6, 6.07) is 7.15. The fraction of sp³-hybridized carbons (Fsp3) is 0. The van der Waals surface area contributed by atoms with Crippen LogP contribution in [-0.2, 0) is 0 Å². The third-order valence-electron chi connectivity index (χ3n) is 1.09. The van der Waals surface area contributed by atoms with E-state index in [0.29, 0.717) is 5.69 Å². The third-order valence-corrected chi connectivity index (χ3v) is 1.71. The van der Waals surface area contributed by atoms with Crippen LogP contribution < -0.4 is 5.32 Å². The molecule has 4 heteroatoms. The Morgan fingerprint density at radius 1 is 1.36 bits per heavy atom. The van der Waals surface area contributed by atoms with Crippen molar-refractivity contribution in [2.45, 2.75) is 0 Å². The van der Waals surface area contributed by atoms with Gasteiger partial charge >= 0.3 is 5.37 Å². The second-order valence-electron chi connectivity index (χ2n) is 1.91. The van der Waals surface area contributed by atoms with E-state index in [1.54, 1.807) is 12.1 Å². The van der Waals surface area contributed by atoms with Gasteiger partial charge in [0, 0.05) is 10.2 Å². The van der Waals surface area contributed by atoms with Crippen molar-refractivity contribution >= 4 is 38.6 Å². The minimum absolute atomic E-state index is 0.577. The highest BCUT2D eigenvalue weighted by Crippen LogP contribution is 2.14. The van der Waals surface area contributed by atoms with Crippen molar-refractivity contribution in [1.29, 1.82) is 0 Å². The molecule has 0 fully saturated rings. The monoisotopic (exact) mass is 233 g/mol. The molecule has 0 radical (unpaired) electrons. The summed E-state index contributed by atoms with van der Waals surface area (Å²) in [6.07, 6.45) is 0. The van der Waals surface area contributed by atoms with Crippen molar-refractivity contribution in [2.24, 2.45) is 0 Å². The van der Waals surface area contributed by atoms with Gasteiger partial charge in [-0.15, -0.1) is 0 Å². The van der Waals surface area contributed by atoms with Gasteiger partial charge in [-0.05, 0) is 35.9 Å². The van der Waals surface area contributed by atoms with Crippen LogP contribution in [0, 0.1) is 0 Å². The Morgan fingerprint density at radius 3 is 2.36 bits per heavy atom. The van der Waals surface area contributed by atoms with Crippen molar-refractivity contribution in [2.75, 3.05) is 5.32 Å². The lowest BCUT2D eigenvalue weighted by molar-refractivity contribution is 0.269. The van der Waals surface area contributed by atoms with Crippen LogP contribution in [0.1, 0.15) is 0 Å². The maximum atomic E-state index is 10.3. The molecule has 0 aliphatic carbocycles. The molecular weight excluding hydrogens is 229 g/mol. The van der Waals surface area contributed by atoms with E-state index in [0.717, 1.165) is 4.47 Å². The van der Waals surface area contributed by atoms with E-state index in [2.05, 4.69) is 21.2 Å². The quantitative estimate of drug-likeness (QED) is 0.587. The lowest BCUT2D eigenvalue weighted by atomic mass is 10.3. The summed E-state index contributed by atoms with van der Waals surface area (Å²) in [6.45, 7) is 0. The standard InChI is InChI=1S/C7H5BrClNO/c8-5-1-3-6(4-2-5)10-7(9)11/h1-4H,(H,10,11). The highest BCUT2D eigenvalue weighted by Gasteiger charge is 1.94. The Balaban J connectivity index is 2.74. The Bertz CT molecular complexity index is 260. The Hall–Kier alpha value is -0.540. The second-order valence-corrected chi connectivity index (χ2v) is 3.16. The molecule has 0 atom stereocenters. The zero-order valence-corrected chi connectivity index (χ0v) is 7.82. The van der Waals surface area contributed by atoms with E-state index in [1.807, 2.05) is 12.1 Å². The van der Waals surface area contributed by atoms with Crippen LogP contribution in [0.3, 0.4) is 0 Å². The molecule has 1 rings (SSSR count). The molecule has 11 heavy (non-hydrogen) atoms. The normalized spacial score (nSPS) is 9.27. The molecule has 0 heterocycles. The van der Waals surface area contributed by atoms with Crippen LogP contribution in [0.15, 0.2) is 28.7 Å². The molecule has 1 N–H and O–H groups in total. The number of carbonyl (C=O) groups is 1. The van der Waals surface area contributed by atoms with E-state index in [4.69, 9.17) is 11.6 Å². The fourth-order valence-electron chi connectivity index (χ4n) is 0.647. The van der Waals surface area contributed by atoms with Crippen molar-refractivity contribution in [3.05, 3.63) is 28.7 Å². The van der Waals surface area contributed by atoms with Gasteiger partial charge in [0.15, 0.2) is 0 Å². The minimum Gasteiger partial charge on any atom is -0.312 e. The zero-order chi connectivity index (χ0) is 8.27. The zero-order valence-electron chi connectivity index (χ0n) is 5.47. The van der Waals surface area contributed by atoms with E-state index in [-0.39, 0.29) is 0 Å². The van der Waals surface area contributed by atoms with Gasteiger partial charge in [-0.2, -0.15) is 0 Å². The van der Waals surface area contributed by atoms with Gasteiger partial charge < -0.3 is 5.32 Å². The van der Waals surface area contributed by atoms with E-state index >= 15 is 0 Å². The van der Waals surface area contributed by atoms with Gasteiger partial charge in [0.25, 0.3) is 0 Å². The van der Waals surface area contributed by atoms with Gasteiger partial charge in [-0.1, -0.05) is 15.9 Å². The molecule has 0 aliphatic heterocycles. The summed E-state index contributed by atoms with van der Waals surface area (Å²) in [7, 11) is 0. The lowest BCUT2D eigenvalue weighted by Gasteiger charge is -1.98. The van der Waals surface area contributed by atoms with E-state index < -0.39 is 5.37 Å². The molecule has 58 valence electrons. The molecule has 0 aromatic heterocycles. The number of benzene rings is 1. The first-order valence-electron chi connectivity index (χ1n) is 2.90. The topological polar surface area (TPSA) is 29.1 Å². The van der Waals surface area contributed by atoms with Crippen LogP contribution in [0.5, 0.6) is 0 Å². The van der Waals surface area contributed by atoms with Gasteiger partial charge in [-0.25, -0.2) is 0 Å². The van der Waals surface area contributed by atoms with Crippen LogP contribution in [-0.4, -0.2) is 5.37 Å². The van der Waals surface area contributed by atoms with Crippen LogP contribution in [0.2, 0.25) is 0 Å². The van der Waals surface area contributed by atoms with Crippen LogP contribution in [0.4, 0.5) is 10.5 Å². The predicted octanol–water partition coefficient (Wildman–Crippen LogP) is 3.22. The van der Waals surface area contributed by atoms with Crippen LogP contribution >= 0.6 is 27.5 Å². The third kappa shape index (κ3) is 2.91. The molecule has 1 amide bonds. The fourth-order valence-corrected chi connectivity index (χ4v) is 1.02. The molecule has 0 spiro atoms. The predicted molar refractivity (Wildman–Crippen MR) is 49.0 cm³/mol. The van der Waals surface area contributed by atoms with E-state index in [1.165, 1.54) is 0 Å². The first kappa shape index (κ1) is 8.56. The second kappa shape index (κ2) is 3.74. The first-order chi connectivity index (χ1) is 5.18. The molecule has 2 nitrogen and oxygen atoms in total. The average Bonchev–Trinajstić information content (AvgIpc) is 1.93. The Labute approximate surface area is 77.7 Å². The molecule has 1 aromatic carbocycles. The number of hydrogen-bond acceptors (Lipinski definition) is 1. The van der Waals surface area contributed by atoms with Gasteiger partial charge in [0.1, 0.15) is 0 Å². The number of anilines is 1. The van der Waals surface area contributed by atoms with Gasteiger partial charge in [0.2, 0.25) is 0 Å². The first-order valence-corrected chi connectivity index (χ1v) is 4.07. The molecule has 1 aromatic rings. The Kier molecular flexibility index (Phi) is 2.91. The lowest BCUT2D eigenvalue weighted by Crippen LogP contribution is -1.99. The minimum atomic E-state index is -0.577. The highest BCUT2D eigenvalue weighted by molar-refractivity contribution is 9.10. The van der Waals surface area contributed by atoms with Crippen molar-refractivity contribution in [3.8, 4) is 0 Å². The molecule has 0 bridgehead atoms. The van der Waals surface area contributed by atoms with Crippen molar-refractivity contribution in [1.82, 2.24) is 0 Å². The van der Waals surface area contributed by atoms with Gasteiger partial charge in [-0.3, -0.25) is 4.79 Å². The molecule has 0 saturated heterocycles. The summed E-state index contributed by atoms with van der Waals surface area (Å²) < 4.78 is 0.963. The number of carbonyl (C=O) groups excluding carboxylic acids is 1. The number of hydrogen-bond donors (Lipinski definition) is 1.